The topological polar surface area (TPSA) is 54.4 Å². The molecule has 23 heavy (non-hydrogen) atoms. The van der Waals surface area contributed by atoms with Crippen LogP contribution in [0.15, 0.2) is 24.3 Å². The molecular weight excluding hydrogens is 308 g/mol. The third-order valence-electron chi connectivity index (χ3n) is 4.26. The highest BCUT2D eigenvalue weighted by atomic mass is 32.2. The maximum absolute atomic E-state index is 11.1. The van der Waals surface area contributed by atoms with Gasteiger partial charge in [-0.05, 0) is 24.0 Å². The molecule has 0 fully saturated rings. The predicted molar refractivity (Wildman–Crippen MR) is 97.2 cm³/mol. The molecule has 0 saturated heterocycles. The lowest BCUT2D eigenvalue weighted by Gasteiger charge is -2.08. The highest BCUT2D eigenvalue weighted by Gasteiger charge is 2.10. The predicted octanol–water partition coefficient (Wildman–Crippen LogP) is 5.54. The largest absolute Gasteiger partial charge is 0.285 e. The molecule has 1 aromatic rings. The molecule has 0 radical (unpaired) electrons. The molecule has 4 heteroatoms. The molecule has 0 bridgehead atoms. The summed E-state index contributed by atoms with van der Waals surface area (Å²) in [5.74, 6) is -0.277. The Labute approximate surface area is 142 Å². The number of rotatable bonds is 13. The van der Waals surface area contributed by atoms with Crippen LogP contribution in [0.25, 0.3) is 0 Å². The molecular formula is C19H32O3S. The quantitative estimate of drug-likeness (QED) is 0.379. The molecule has 3 nitrogen and oxygen atoms in total. The molecule has 0 aliphatic heterocycles. The lowest BCUT2D eigenvalue weighted by atomic mass is 10.0. The maximum atomic E-state index is 11.1. The van der Waals surface area contributed by atoms with Gasteiger partial charge in [0.2, 0.25) is 0 Å². The van der Waals surface area contributed by atoms with E-state index in [0.29, 0.717) is 0 Å². The van der Waals surface area contributed by atoms with Crippen LogP contribution in [-0.4, -0.2) is 13.0 Å². The smallest absolute Gasteiger partial charge is 0.269 e. The van der Waals surface area contributed by atoms with Crippen LogP contribution in [0.2, 0.25) is 0 Å². The van der Waals surface area contributed by atoms with E-state index in [9.17, 15) is 8.42 Å². The Kier molecular flexibility index (Phi) is 10.2. The molecule has 0 unspecified atom stereocenters. The fourth-order valence-electron chi connectivity index (χ4n) is 2.94. The van der Waals surface area contributed by atoms with Crippen LogP contribution in [0, 0.1) is 0 Å². The van der Waals surface area contributed by atoms with Crippen molar-refractivity contribution in [3.8, 4) is 0 Å². The number of hydrogen-bond donors (Lipinski definition) is 1. The Morgan fingerprint density at radius 1 is 0.783 bits per heavy atom. The third kappa shape index (κ3) is 10.5. The first-order valence-corrected chi connectivity index (χ1v) is 10.7. The first-order valence-electron chi connectivity index (χ1n) is 9.05. The van der Waals surface area contributed by atoms with Crippen molar-refractivity contribution >= 4 is 10.1 Å². The highest BCUT2D eigenvalue weighted by Crippen LogP contribution is 2.16. The fraction of sp³-hybridized carbons (Fsp3) is 0.684. The lowest BCUT2D eigenvalue weighted by molar-refractivity contribution is 0.482. The molecule has 1 N–H and O–H groups in total. The van der Waals surface area contributed by atoms with E-state index >= 15 is 0 Å². The van der Waals surface area contributed by atoms with Gasteiger partial charge in [0.25, 0.3) is 10.1 Å². The van der Waals surface area contributed by atoms with Gasteiger partial charge in [0, 0.05) is 0 Å². The van der Waals surface area contributed by atoms with Crippen LogP contribution >= 0.6 is 0 Å². The van der Waals surface area contributed by atoms with Crippen LogP contribution in [-0.2, 0) is 22.3 Å². The van der Waals surface area contributed by atoms with Crippen LogP contribution in [0.3, 0.4) is 0 Å². The molecule has 0 spiro atoms. The molecule has 0 amide bonds. The van der Waals surface area contributed by atoms with Crippen molar-refractivity contribution in [2.75, 3.05) is 0 Å². The zero-order valence-corrected chi connectivity index (χ0v) is 15.3. The van der Waals surface area contributed by atoms with E-state index in [2.05, 4.69) is 6.92 Å². The third-order valence-corrected chi connectivity index (χ3v) is 4.93. The van der Waals surface area contributed by atoms with E-state index in [1.54, 1.807) is 6.07 Å². The second-order valence-electron chi connectivity index (χ2n) is 6.43. The summed E-state index contributed by atoms with van der Waals surface area (Å²) in [6, 6.07) is 7.51. The fourth-order valence-corrected chi connectivity index (χ4v) is 3.62. The van der Waals surface area contributed by atoms with E-state index in [1.807, 2.05) is 18.2 Å². The molecule has 132 valence electrons. The van der Waals surface area contributed by atoms with Gasteiger partial charge in [0.1, 0.15) is 5.75 Å². The second kappa shape index (κ2) is 11.6. The van der Waals surface area contributed by atoms with Crippen molar-refractivity contribution in [2.45, 2.75) is 83.3 Å². The van der Waals surface area contributed by atoms with E-state index in [1.165, 1.54) is 57.8 Å². The standard InChI is InChI=1S/C19H32O3S/c1-2-3-4-5-6-7-8-9-10-11-14-18-15-12-13-16-19(18)17-23(20,21)22/h12-13,15-16H,2-11,14,17H2,1H3,(H,20,21,22). The highest BCUT2D eigenvalue weighted by molar-refractivity contribution is 7.85. The summed E-state index contributed by atoms with van der Waals surface area (Å²) < 4.78 is 31.1. The summed E-state index contributed by atoms with van der Waals surface area (Å²) in [6.07, 6.45) is 13.8. The minimum absolute atomic E-state index is 0.277. The molecule has 1 rings (SSSR count). The van der Waals surface area contributed by atoms with Gasteiger partial charge < -0.3 is 0 Å². The molecule has 0 saturated carbocycles. The Bertz CT molecular complexity index is 523. The number of benzene rings is 1. The normalized spacial score (nSPS) is 11.7. The molecule has 0 aromatic heterocycles. The van der Waals surface area contributed by atoms with Gasteiger partial charge in [-0.2, -0.15) is 8.42 Å². The second-order valence-corrected chi connectivity index (χ2v) is 7.88. The van der Waals surface area contributed by atoms with E-state index in [0.717, 1.165) is 24.0 Å². The van der Waals surface area contributed by atoms with E-state index < -0.39 is 10.1 Å². The van der Waals surface area contributed by atoms with Crippen LogP contribution < -0.4 is 0 Å². The average Bonchev–Trinajstić information content (AvgIpc) is 2.49. The van der Waals surface area contributed by atoms with Gasteiger partial charge in [-0.25, -0.2) is 0 Å². The van der Waals surface area contributed by atoms with Crippen molar-refractivity contribution in [1.82, 2.24) is 0 Å². The summed E-state index contributed by atoms with van der Waals surface area (Å²) in [4.78, 5) is 0. The van der Waals surface area contributed by atoms with Crippen molar-refractivity contribution in [2.24, 2.45) is 0 Å². The van der Waals surface area contributed by atoms with Gasteiger partial charge in [-0.15, -0.1) is 0 Å². The number of unbranched alkanes of at least 4 members (excludes halogenated alkanes) is 9. The van der Waals surface area contributed by atoms with Crippen molar-refractivity contribution in [3.05, 3.63) is 35.4 Å². The van der Waals surface area contributed by atoms with Gasteiger partial charge in [-0.3, -0.25) is 4.55 Å². The van der Waals surface area contributed by atoms with Gasteiger partial charge in [0.15, 0.2) is 0 Å². The summed E-state index contributed by atoms with van der Waals surface area (Å²) >= 11 is 0. The number of hydrogen-bond acceptors (Lipinski definition) is 2. The molecule has 0 atom stereocenters. The molecule has 0 heterocycles. The maximum Gasteiger partial charge on any atom is 0.269 e. The summed E-state index contributed by atoms with van der Waals surface area (Å²) in [5.41, 5.74) is 1.77. The van der Waals surface area contributed by atoms with Crippen molar-refractivity contribution in [1.29, 1.82) is 0 Å². The zero-order chi connectivity index (χ0) is 17.0. The lowest BCUT2D eigenvalue weighted by Crippen LogP contribution is -2.04. The zero-order valence-electron chi connectivity index (χ0n) is 14.5. The SMILES string of the molecule is CCCCCCCCCCCCc1ccccc1CS(=O)(=O)O. The van der Waals surface area contributed by atoms with E-state index in [-0.39, 0.29) is 5.75 Å². The van der Waals surface area contributed by atoms with E-state index in [4.69, 9.17) is 4.55 Å². The Balaban J connectivity index is 2.16. The summed E-state index contributed by atoms with van der Waals surface area (Å²) in [7, 11) is -3.95. The summed E-state index contributed by atoms with van der Waals surface area (Å²) in [6.45, 7) is 2.24. The first-order chi connectivity index (χ1) is 11.0. The van der Waals surface area contributed by atoms with Crippen LogP contribution in [0.5, 0.6) is 0 Å². The van der Waals surface area contributed by atoms with Gasteiger partial charge in [0.05, 0.1) is 0 Å². The monoisotopic (exact) mass is 340 g/mol. The summed E-state index contributed by atoms with van der Waals surface area (Å²) in [5, 5.41) is 0. The molecule has 0 aliphatic carbocycles. The van der Waals surface area contributed by atoms with Gasteiger partial charge in [-0.1, -0.05) is 89.0 Å². The van der Waals surface area contributed by atoms with Gasteiger partial charge >= 0.3 is 0 Å². The van der Waals surface area contributed by atoms with Crippen LogP contribution in [0.4, 0.5) is 0 Å². The first kappa shape index (κ1) is 20.2. The average molecular weight is 341 g/mol. The Morgan fingerprint density at radius 2 is 1.26 bits per heavy atom. The molecule has 0 aliphatic rings. The van der Waals surface area contributed by atoms with Crippen molar-refractivity contribution < 1.29 is 13.0 Å². The Hall–Kier alpha value is -0.870. The minimum atomic E-state index is -3.95. The number of aryl methyl sites for hydroxylation is 1. The Morgan fingerprint density at radius 3 is 1.78 bits per heavy atom. The molecule has 1 aromatic carbocycles. The minimum Gasteiger partial charge on any atom is -0.285 e. The van der Waals surface area contributed by atoms with Crippen LogP contribution in [0.1, 0.15) is 82.3 Å². The van der Waals surface area contributed by atoms with Crippen molar-refractivity contribution in [3.63, 3.8) is 0 Å².